The molecule has 3 fully saturated rings. The Morgan fingerprint density at radius 2 is 1.40 bits per heavy atom. The standard InChI is InChI=1S/C16H30BNO7/c1-15(2)19-9-11(22-15)13-14(12-10-20-16(3,4)23-12)25-17(24-13)21-8-7-18(5)6/h11-14H,7-10H2,1-6H3/t11-,12-,13?,14?/m1/s1. The maximum atomic E-state index is 6.01. The van der Waals surface area contributed by atoms with Crippen molar-refractivity contribution in [2.45, 2.75) is 63.7 Å². The molecule has 0 radical (unpaired) electrons. The molecular weight excluding hydrogens is 329 g/mol. The summed E-state index contributed by atoms with van der Waals surface area (Å²) in [6.45, 7) is 9.74. The fraction of sp³-hybridized carbons (Fsp3) is 1.00. The molecule has 0 aromatic carbocycles. The maximum Gasteiger partial charge on any atom is 0.640 e. The lowest BCUT2D eigenvalue weighted by atomic mass is 10.0. The van der Waals surface area contributed by atoms with Crippen molar-refractivity contribution in [3.8, 4) is 0 Å². The molecule has 0 bridgehead atoms. The van der Waals surface area contributed by atoms with Crippen molar-refractivity contribution in [1.29, 1.82) is 0 Å². The van der Waals surface area contributed by atoms with E-state index in [9.17, 15) is 0 Å². The van der Waals surface area contributed by atoms with Crippen LogP contribution in [0.3, 0.4) is 0 Å². The average molecular weight is 359 g/mol. The molecule has 2 unspecified atom stereocenters. The Kier molecular flexibility index (Phi) is 5.77. The van der Waals surface area contributed by atoms with E-state index in [1.165, 1.54) is 0 Å². The van der Waals surface area contributed by atoms with E-state index in [0.29, 0.717) is 19.8 Å². The number of likely N-dealkylation sites (N-methyl/N-ethyl adjacent to an activating group) is 1. The summed E-state index contributed by atoms with van der Waals surface area (Å²) in [5.41, 5.74) is 0. The molecule has 4 atom stereocenters. The van der Waals surface area contributed by atoms with Gasteiger partial charge in [0, 0.05) is 13.2 Å². The molecule has 0 spiro atoms. The minimum atomic E-state index is -0.741. The monoisotopic (exact) mass is 359 g/mol. The van der Waals surface area contributed by atoms with Crippen LogP contribution in [0.1, 0.15) is 27.7 Å². The predicted octanol–water partition coefficient (Wildman–Crippen LogP) is 0.637. The average Bonchev–Trinajstić information content (AvgIpc) is 3.15. The Morgan fingerprint density at radius 1 is 0.920 bits per heavy atom. The lowest BCUT2D eigenvalue weighted by Gasteiger charge is -2.27. The molecule has 0 aromatic rings. The summed E-state index contributed by atoms with van der Waals surface area (Å²) in [5.74, 6) is -1.26. The van der Waals surface area contributed by atoms with E-state index < -0.39 is 18.9 Å². The predicted molar refractivity (Wildman–Crippen MR) is 89.8 cm³/mol. The Labute approximate surface area is 150 Å². The van der Waals surface area contributed by atoms with Crippen molar-refractivity contribution in [2.24, 2.45) is 0 Å². The van der Waals surface area contributed by atoms with Gasteiger partial charge < -0.3 is 37.8 Å². The Morgan fingerprint density at radius 3 is 1.76 bits per heavy atom. The van der Waals surface area contributed by atoms with Gasteiger partial charge in [-0.05, 0) is 41.8 Å². The number of hydrogen-bond donors (Lipinski definition) is 0. The van der Waals surface area contributed by atoms with Gasteiger partial charge in [-0.3, -0.25) is 0 Å². The van der Waals surface area contributed by atoms with Crippen molar-refractivity contribution in [1.82, 2.24) is 4.90 Å². The second-order valence-corrected chi connectivity index (χ2v) is 7.90. The highest BCUT2D eigenvalue weighted by atomic mass is 16.8. The molecule has 8 nitrogen and oxygen atoms in total. The molecule has 0 aromatic heterocycles. The van der Waals surface area contributed by atoms with Crippen LogP contribution in [0.25, 0.3) is 0 Å². The van der Waals surface area contributed by atoms with Gasteiger partial charge >= 0.3 is 7.32 Å². The first-order valence-corrected chi connectivity index (χ1v) is 8.86. The van der Waals surface area contributed by atoms with Gasteiger partial charge in [0.25, 0.3) is 0 Å². The molecule has 3 rings (SSSR count). The third-order valence-corrected chi connectivity index (χ3v) is 4.45. The third-order valence-electron chi connectivity index (χ3n) is 4.45. The summed E-state index contributed by atoms with van der Waals surface area (Å²) < 4.78 is 41.1. The van der Waals surface area contributed by atoms with Crippen LogP contribution in [0, 0.1) is 0 Å². The zero-order valence-corrected chi connectivity index (χ0v) is 16.0. The highest BCUT2D eigenvalue weighted by Crippen LogP contribution is 2.35. The van der Waals surface area contributed by atoms with Crippen LogP contribution in [-0.2, 0) is 32.9 Å². The zero-order chi connectivity index (χ0) is 18.2. The largest absolute Gasteiger partial charge is 0.640 e. The molecule has 0 N–H and O–H groups in total. The summed E-state index contributed by atoms with van der Waals surface area (Å²) in [5, 5.41) is 0. The minimum absolute atomic E-state index is 0.241. The fourth-order valence-electron chi connectivity index (χ4n) is 3.21. The van der Waals surface area contributed by atoms with Gasteiger partial charge in [-0.15, -0.1) is 0 Å². The Bertz CT molecular complexity index is 428. The van der Waals surface area contributed by atoms with E-state index in [-0.39, 0.29) is 24.4 Å². The zero-order valence-electron chi connectivity index (χ0n) is 16.0. The van der Waals surface area contributed by atoms with Crippen molar-refractivity contribution in [2.75, 3.05) is 40.5 Å². The van der Waals surface area contributed by atoms with Crippen molar-refractivity contribution >= 4 is 7.32 Å². The molecule has 0 saturated carbocycles. The quantitative estimate of drug-likeness (QED) is 0.640. The Hall–Kier alpha value is -0.255. The van der Waals surface area contributed by atoms with Gasteiger partial charge in [0.05, 0.1) is 13.2 Å². The molecule has 3 aliphatic heterocycles. The smallest absolute Gasteiger partial charge is 0.385 e. The lowest BCUT2D eigenvalue weighted by molar-refractivity contribution is -0.165. The molecule has 9 heteroatoms. The van der Waals surface area contributed by atoms with Gasteiger partial charge in [-0.2, -0.15) is 0 Å². The van der Waals surface area contributed by atoms with E-state index in [0.717, 1.165) is 6.54 Å². The van der Waals surface area contributed by atoms with Crippen LogP contribution in [0.2, 0.25) is 0 Å². The van der Waals surface area contributed by atoms with Crippen LogP contribution < -0.4 is 0 Å². The SMILES string of the molecule is CN(C)CCOB1OC([C@H]2COC(C)(C)O2)C([C@H]2COC(C)(C)O2)O1. The van der Waals surface area contributed by atoms with E-state index >= 15 is 0 Å². The minimum Gasteiger partial charge on any atom is -0.385 e. The van der Waals surface area contributed by atoms with Gasteiger partial charge in [-0.25, -0.2) is 0 Å². The number of hydrogen-bond acceptors (Lipinski definition) is 8. The van der Waals surface area contributed by atoms with Crippen LogP contribution in [0.5, 0.6) is 0 Å². The van der Waals surface area contributed by atoms with E-state index in [2.05, 4.69) is 0 Å². The van der Waals surface area contributed by atoms with Crippen LogP contribution in [-0.4, -0.2) is 88.7 Å². The lowest BCUT2D eigenvalue weighted by Crippen LogP contribution is -2.45. The number of rotatable bonds is 6. The second-order valence-electron chi connectivity index (χ2n) is 7.90. The highest BCUT2D eigenvalue weighted by Gasteiger charge is 2.54. The first kappa shape index (κ1) is 19.5. The highest BCUT2D eigenvalue weighted by molar-refractivity contribution is 6.37. The van der Waals surface area contributed by atoms with Crippen LogP contribution >= 0.6 is 0 Å². The summed E-state index contributed by atoms with van der Waals surface area (Å²) in [6.07, 6.45) is -1.16. The molecular formula is C16H30BNO7. The molecule has 144 valence electrons. The normalized spacial score (nSPS) is 37.3. The summed E-state index contributed by atoms with van der Waals surface area (Å²) in [6, 6.07) is 0. The van der Waals surface area contributed by atoms with Crippen molar-refractivity contribution in [3.63, 3.8) is 0 Å². The third kappa shape index (κ3) is 4.93. The van der Waals surface area contributed by atoms with Gasteiger partial charge in [0.15, 0.2) is 11.6 Å². The van der Waals surface area contributed by atoms with Gasteiger partial charge in [0.2, 0.25) is 0 Å². The second kappa shape index (κ2) is 7.40. The van der Waals surface area contributed by atoms with Crippen LogP contribution in [0.15, 0.2) is 0 Å². The first-order chi connectivity index (χ1) is 11.7. The number of nitrogens with zero attached hydrogens (tertiary/aromatic N) is 1. The molecule has 3 saturated heterocycles. The number of ether oxygens (including phenoxy) is 4. The molecule has 25 heavy (non-hydrogen) atoms. The van der Waals surface area contributed by atoms with E-state index in [1.807, 2.05) is 46.7 Å². The maximum absolute atomic E-state index is 6.01. The summed E-state index contributed by atoms with van der Waals surface area (Å²) in [4.78, 5) is 2.04. The molecule has 0 amide bonds. The molecule has 3 aliphatic rings. The van der Waals surface area contributed by atoms with Crippen LogP contribution in [0.4, 0.5) is 0 Å². The van der Waals surface area contributed by atoms with E-state index in [1.54, 1.807) is 0 Å². The first-order valence-electron chi connectivity index (χ1n) is 8.86. The summed E-state index contributed by atoms with van der Waals surface area (Å²) >= 11 is 0. The van der Waals surface area contributed by atoms with Gasteiger partial charge in [0.1, 0.15) is 24.4 Å². The van der Waals surface area contributed by atoms with Gasteiger partial charge in [-0.1, -0.05) is 0 Å². The molecule has 3 heterocycles. The summed E-state index contributed by atoms with van der Waals surface area (Å²) in [7, 11) is 3.24. The van der Waals surface area contributed by atoms with E-state index in [4.69, 9.17) is 32.9 Å². The van der Waals surface area contributed by atoms with Crippen molar-refractivity contribution in [3.05, 3.63) is 0 Å². The molecule has 0 aliphatic carbocycles. The Balaban J connectivity index is 1.64. The topological polar surface area (TPSA) is 67.9 Å². The van der Waals surface area contributed by atoms with Crippen molar-refractivity contribution < 1.29 is 32.9 Å². The fourth-order valence-corrected chi connectivity index (χ4v) is 3.21.